The molecule has 1 aliphatic heterocycles. The highest BCUT2D eigenvalue weighted by atomic mass is 32.2. The van der Waals surface area contributed by atoms with E-state index in [1.165, 1.54) is 12.0 Å². The first-order valence-electron chi connectivity index (χ1n) is 8.33. The third-order valence-electron chi connectivity index (χ3n) is 4.26. The summed E-state index contributed by atoms with van der Waals surface area (Å²) in [6.07, 6.45) is 1.79. The number of rotatable bonds is 4. The van der Waals surface area contributed by atoms with E-state index in [1.54, 1.807) is 23.9 Å². The number of ether oxygens (including phenoxy) is 1. The summed E-state index contributed by atoms with van der Waals surface area (Å²) >= 11 is 1.77. The molecule has 0 saturated heterocycles. The van der Waals surface area contributed by atoms with Gasteiger partial charge in [0.2, 0.25) is 0 Å². The van der Waals surface area contributed by atoms with Crippen molar-refractivity contribution in [3.05, 3.63) is 53.6 Å². The van der Waals surface area contributed by atoms with Gasteiger partial charge < -0.3 is 4.74 Å². The summed E-state index contributed by atoms with van der Waals surface area (Å²) in [6, 6.07) is 13.4. The van der Waals surface area contributed by atoms with Crippen LogP contribution in [0.1, 0.15) is 18.9 Å². The molecule has 4 nitrogen and oxygen atoms in total. The second-order valence-corrected chi connectivity index (χ2v) is 9.36. The Labute approximate surface area is 158 Å². The summed E-state index contributed by atoms with van der Waals surface area (Å²) < 4.78 is 29.8. The number of carbonyl (C=O) groups excluding carboxylic acids is 1. The summed E-state index contributed by atoms with van der Waals surface area (Å²) in [4.78, 5) is 13.4. The van der Waals surface area contributed by atoms with E-state index in [9.17, 15) is 13.2 Å². The molecule has 0 aliphatic carbocycles. The molecule has 2 aromatic rings. The van der Waals surface area contributed by atoms with Gasteiger partial charge in [-0.3, -0.25) is 0 Å². The first-order chi connectivity index (χ1) is 12.4. The minimum Gasteiger partial charge on any atom is -0.466 e. The molecule has 136 valence electrons. The van der Waals surface area contributed by atoms with Crippen LogP contribution in [-0.4, -0.2) is 33.0 Å². The van der Waals surface area contributed by atoms with Gasteiger partial charge in [-0.2, -0.15) is 0 Å². The molecule has 2 aromatic carbocycles. The highest BCUT2D eigenvalue weighted by Crippen LogP contribution is 2.31. The number of methoxy groups -OCH3 is 1. The van der Waals surface area contributed by atoms with E-state index in [0.29, 0.717) is 11.1 Å². The van der Waals surface area contributed by atoms with Crippen molar-refractivity contribution in [1.29, 1.82) is 0 Å². The fraction of sp³-hybridized carbons (Fsp3) is 0.250. The zero-order valence-electron chi connectivity index (χ0n) is 14.7. The molecular weight excluding hydrogens is 368 g/mol. The van der Waals surface area contributed by atoms with Gasteiger partial charge in [0.05, 0.1) is 17.8 Å². The van der Waals surface area contributed by atoms with E-state index in [1.807, 2.05) is 24.3 Å². The molecule has 6 heteroatoms. The lowest BCUT2D eigenvalue weighted by Crippen LogP contribution is -2.09. The molecule has 3 rings (SSSR count). The van der Waals surface area contributed by atoms with Gasteiger partial charge in [-0.1, -0.05) is 25.1 Å². The summed E-state index contributed by atoms with van der Waals surface area (Å²) in [5.41, 5.74) is 2.83. The van der Waals surface area contributed by atoms with Crippen LogP contribution in [0, 0.1) is 0 Å². The minimum atomic E-state index is -3.43. The van der Waals surface area contributed by atoms with Crippen molar-refractivity contribution in [3.63, 3.8) is 0 Å². The van der Waals surface area contributed by atoms with Gasteiger partial charge in [0.25, 0.3) is 0 Å². The van der Waals surface area contributed by atoms with Crippen LogP contribution in [0.4, 0.5) is 0 Å². The maximum absolute atomic E-state index is 12.5. The van der Waals surface area contributed by atoms with Crippen LogP contribution in [0.15, 0.2) is 57.8 Å². The Morgan fingerprint density at radius 1 is 1.12 bits per heavy atom. The van der Waals surface area contributed by atoms with E-state index in [-0.39, 0.29) is 17.1 Å². The van der Waals surface area contributed by atoms with Crippen molar-refractivity contribution in [2.24, 2.45) is 0 Å². The fourth-order valence-corrected chi connectivity index (χ4v) is 5.06. The van der Waals surface area contributed by atoms with Gasteiger partial charge in [0.15, 0.2) is 9.84 Å². The Bertz CT molecular complexity index is 958. The van der Waals surface area contributed by atoms with Gasteiger partial charge in [0, 0.05) is 10.5 Å². The summed E-state index contributed by atoms with van der Waals surface area (Å²) in [5.74, 6) is 0.430. The minimum absolute atomic E-state index is 0.0940. The van der Waals surface area contributed by atoms with Gasteiger partial charge in [-0.15, -0.1) is 11.8 Å². The van der Waals surface area contributed by atoms with Gasteiger partial charge >= 0.3 is 5.97 Å². The van der Waals surface area contributed by atoms with Crippen molar-refractivity contribution in [2.75, 3.05) is 18.6 Å². The van der Waals surface area contributed by atoms with Crippen LogP contribution < -0.4 is 0 Å². The van der Waals surface area contributed by atoms with E-state index < -0.39 is 15.8 Å². The normalized spacial score (nSPS) is 15.5. The van der Waals surface area contributed by atoms with E-state index in [2.05, 4.69) is 19.1 Å². The Hall–Kier alpha value is -2.05. The number of carbonyl (C=O) groups is 1. The van der Waals surface area contributed by atoms with Crippen molar-refractivity contribution in [3.8, 4) is 11.1 Å². The zero-order chi connectivity index (χ0) is 18.7. The van der Waals surface area contributed by atoms with Crippen LogP contribution in [0.25, 0.3) is 17.2 Å². The van der Waals surface area contributed by atoms with Gasteiger partial charge in [-0.05, 0) is 59.2 Å². The first kappa shape index (κ1) is 18.7. The molecule has 0 fully saturated rings. The number of benzene rings is 2. The third kappa shape index (κ3) is 3.86. The molecule has 0 bridgehead atoms. The lowest BCUT2D eigenvalue weighted by atomic mass is 10.0. The molecule has 0 unspecified atom stereocenters. The Balaban J connectivity index is 2.06. The zero-order valence-corrected chi connectivity index (χ0v) is 16.3. The van der Waals surface area contributed by atoms with E-state index in [4.69, 9.17) is 4.74 Å². The van der Waals surface area contributed by atoms with Gasteiger partial charge in [0.1, 0.15) is 0 Å². The van der Waals surface area contributed by atoms with Crippen LogP contribution in [0.5, 0.6) is 0 Å². The van der Waals surface area contributed by atoms with Crippen LogP contribution in [0.2, 0.25) is 0 Å². The van der Waals surface area contributed by atoms with Crippen molar-refractivity contribution < 1.29 is 17.9 Å². The predicted molar refractivity (Wildman–Crippen MR) is 105 cm³/mol. The monoisotopic (exact) mass is 388 g/mol. The fourth-order valence-electron chi connectivity index (χ4n) is 2.94. The van der Waals surface area contributed by atoms with E-state index in [0.717, 1.165) is 16.9 Å². The summed E-state index contributed by atoms with van der Waals surface area (Å²) in [6.45, 7) is 2.11. The van der Waals surface area contributed by atoms with E-state index >= 15 is 0 Å². The molecule has 0 amide bonds. The average Bonchev–Trinajstić information content (AvgIpc) is 2.78. The van der Waals surface area contributed by atoms with Gasteiger partial charge in [-0.25, -0.2) is 13.2 Å². The standard InChI is InChI=1S/C20H20O4S2/c1-3-25-18-7-4-14(5-8-18)15-6-9-19-17(12-15)13-16(20(21)24-2)10-11-26(19,22)23/h4-9,12-13H,3,10-11H2,1-2H3. The first-order valence-corrected chi connectivity index (χ1v) is 11.0. The molecule has 1 heterocycles. The Kier molecular flexibility index (Phi) is 5.53. The second kappa shape index (κ2) is 7.68. The maximum Gasteiger partial charge on any atom is 0.333 e. The molecule has 0 atom stereocenters. The molecular formula is C20H20O4S2. The molecule has 1 aliphatic rings. The molecule has 0 N–H and O–H groups in total. The van der Waals surface area contributed by atoms with Crippen LogP contribution in [0.3, 0.4) is 0 Å². The largest absolute Gasteiger partial charge is 0.466 e. The topological polar surface area (TPSA) is 60.4 Å². The Morgan fingerprint density at radius 3 is 2.46 bits per heavy atom. The second-order valence-electron chi connectivity index (χ2n) is 5.94. The maximum atomic E-state index is 12.5. The SMILES string of the molecule is CCSc1ccc(-c2ccc3c(c2)C=C(C(=O)OC)CCS3(=O)=O)cc1. The highest BCUT2D eigenvalue weighted by molar-refractivity contribution is 7.99. The van der Waals surface area contributed by atoms with Crippen molar-refractivity contribution >= 4 is 33.6 Å². The molecule has 0 saturated carbocycles. The number of fused-ring (bicyclic) bond motifs is 1. The number of esters is 1. The van der Waals surface area contributed by atoms with Crippen LogP contribution >= 0.6 is 11.8 Å². The summed E-state index contributed by atoms with van der Waals surface area (Å²) in [5, 5.41) is 0. The number of hydrogen-bond acceptors (Lipinski definition) is 5. The lowest BCUT2D eigenvalue weighted by molar-refractivity contribution is -0.136. The molecule has 0 radical (unpaired) electrons. The molecule has 0 aromatic heterocycles. The third-order valence-corrected chi connectivity index (χ3v) is 6.94. The van der Waals surface area contributed by atoms with Crippen LogP contribution in [-0.2, 0) is 19.4 Å². The van der Waals surface area contributed by atoms with Crippen molar-refractivity contribution in [2.45, 2.75) is 23.1 Å². The molecule has 0 spiro atoms. The quantitative estimate of drug-likeness (QED) is 0.580. The number of thioether (sulfide) groups is 1. The van der Waals surface area contributed by atoms with Crippen molar-refractivity contribution in [1.82, 2.24) is 0 Å². The summed E-state index contributed by atoms with van der Waals surface area (Å²) in [7, 11) is -2.13. The number of sulfone groups is 1. The average molecular weight is 389 g/mol. The molecule has 26 heavy (non-hydrogen) atoms. The smallest absolute Gasteiger partial charge is 0.333 e. The lowest BCUT2D eigenvalue weighted by Gasteiger charge is -2.09. The Morgan fingerprint density at radius 2 is 1.81 bits per heavy atom. The highest BCUT2D eigenvalue weighted by Gasteiger charge is 2.25. The number of hydrogen-bond donors (Lipinski definition) is 0. The predicted octanol–water partition coefficient (Wildman–Crippen LogP) is 4.20.